The van der Waals surface area contributed by atoms with E-state index in [2.05, 4.69) is 4.98 Å². The third-order valence-electron chi connectivity index (χ3n) is 3.31. The zero-order valence-electron chi connectivity index (χ0n) is 11.3. The lowest BCUT2D eigenvalue weighted by molar-refractivity contribution is 0.467. The van der Waals surface area contributed by atoms with Gasteiger partial charge in [-0.2, -0.15) is 0 Å². The number of aromatic hydroxyl groups is 1. The van der Waals surface area contributed by atoms with E-state index in [1.807, 2.05) is 0 Å². The largest absolute Gasteiger partial charge is 0.503 e. The zero-order valence-corrected chi connectivity index (χ0v) is 11.3. The fraction of sp³-hybridized carbons (Fsp3) is 0. The third-order valence-corrected chi connectivity index (χ3v) is 3.31. The van der Waals surface area contributed by atoms with Crippen LogP contribution < -0.4 is 5.56 Å². The molecular formula is C17H11F2NO2. The van der Waals surface area contributed by atoms with Gasteiger partial charge >= 0.3 is 0 Å². The van der Waals surface area contributed by atoms with Crippen molar-refractivity contribution in [3.05, 3.63) is 76.6 Å². The first-order valence-corrected chi connectivity index (χ1v) is 6.53. The van der Waals surface area contributed by atoms with Crippen LogP contribution in [0.25, 0.3) is 22.4 Å². The van der Waals surface area contributed by atoms with Crippen LogP contribution in [0.3, 0.4) is 0 Å². The second-order valence-electron chi connectivity index (χ2n) is 4.79. The molecule has 5 heteroatoms. The summed E-state index contributed by atoms with van der Waals surface area (Å²) >= 11 is 0. The summed E-state index contributed by atoms with van der Waals surface area (Å²) < 4.78 is 26.1. The van der Waals surface area contributed by atoms with Gasteiger partial charge in [-0.3, -0.25) is 4.79 Å². The smallest absolute Gasteiger partial charge is 0.290 e. The number of halogens is 2. The van der Waals surface area contributed by atoms with Crippen molar-refractivity contribution in [2.24, 2.45) is 0 Å². The van der Waals surface area contributed by atoms with Crippen molar-refractivity contribution >= 4 is 0 Å². The molecule has 1 heterocycles. The minimum atomic E-state index is -0.648. The van der Waals surface area contributed by atoms with E-state index in [0.717, 1.165) is 0 Å². The van der Waals surface area contributed by atoms with Gasteiger partial charge in [-0.15, -0.1) is 0 Å². The lowest BCUT2D eigenvalue weighted by Gasteiger charge is -2.10. The van der Waals surface area contributed by atoms with Crippen LogP contribution in [0.15, 0.2) is 59.4 Å². The van der Waals surface area contributed by atoms with Crippen molar-refractivity contribution in [3.8, 4) is 28.1 Å². The van der Waals surface area contributed by atoms with E-state index in [4.69, 9.17) is 0 Å². The molecule has 0 bridgehead atoms. The second kappa shape index (κ2) is 5.44. The molecule has 0 saturated carbocycles. The average Bonchev–Trinajstić information content (AvgIpc) is 2.51. The zero-order chi connectivity index (χ0) is 15.7. The molecule has 0 fully saturated rings. The Morgan fingerprint density at radius 1 is 0.818 bits per heavy atom. The molecule has 0 aliphatic carbocycles. The number of aromatic amines is 1. The summed E-state index contributed by atoms with van der Waals surface area (Å²) in [5.41, 5.74) is 1.49. The number of hydrogen-bond donors (Lipinski definition) is 2. The van der Waals surface area contributed by atoms with Gasteiger partial charge in [0.2, 0.25) is 0 Å². The summed E-state index contributed by atoms with van der Waals surface area (Å²) in [6.07, 6.45) is 0. The van der Waals surface area contributed by atoms with Gasteiger partial charge in [0, 0.05) is 5.56 Å². The van der Waals surface area contributed by atoms with Gasteiger partial charge in [-0.05, 0) is 53.6 Å². The molecule has 0 saturated heterocycles. The van der Waals surface area contributed by atoms with Crippen LogP contribution in [0.2, 0.25) is 0 Å². The molecule has 3 nitrogen and oxygen atoms in total. The normalized spacial score (nSPS) is 10.6. The number of H-pyrrole nitrogens is 1. The van der Waals surface area contributed by atoms with Crippen molar-refractivity contribution in [2.45, 2.75) is 0 Å². The van der Waals surface area contributed by atoms with Crippen LogP contribution in [-0.4, -0.2) is 10.1 Å². The predicted molar refractivity (Wildman–Crippen MR) is 79.5 cm³/mol. The Balaban J connectivity index is 2.24. The lowest BCUT2D eigenvalue weighted by atomic mass is 9.99. The molecule has 0 unspecified atom stereocenters. The van der Waals surface area contributed by atoms with E-state index in [1.54, 1.807) is 0 Å². The summed E-state index contributed by atoms with van der Waals surface area (Å²) in [4.78, 5) is 14.2. The molecule has 1 aromatic heterocycles. The van der Waals surface area contributed by atoms with Crippen molar-refractivity contribution in [3.63, 3.8) is 0 Å². The Hall–Kier alpha value is -2.95. The maximum absolute atomic E-state index is 13.1. The number of rotatable bonds is 2. The molecule has 2 N–H and O–H groups in total. The molecule has 22 heavy (non-hydrogen) atoms. The molecule has 2 aromatic carbocycles. The van der Waals surface area contributed by atoms with E-state index in [-0.39, 0.29) is 5.82 Å². The van der Waals surface area contributed by atoms with Gasteiger partial charge in [-0.25, -0.2) is 8.78 Å². The minimum Gasteiger partial charge on any atom is -0.503 e. The topological polar surface area (TPSA) is 53.1 Å². The maximum Gasteiger partial charge on any atom is 0.290 e. The van der Waals surface area contributed by atoms with E-state index in [0.29, 0.717) is 22.4 Å². The van der Waals surface area contributed by atoms with Crippen molar-refractivity contribution in [2.75, 3.05) is 0 Å². The highest BCUT2D eigenvalue weighted by Crippen LogP contribution is 2.31. The Kier molecular flexibility index (Phi) is 3.47. The van der Waals surface area contributed by atoms with Crippen LogP contribution in [0.1, 0.15) is 0 Å². The lowest BCUT2D eigenvalue weighted by Crippen LogP contribution is -2.07. The molecule has 0 spiro atoms. The van der Waals surface area contributed by atoms with Gasteiger partial charge < -0.3 is 10.1 Å². The van der Waals surface area contributed by atoms with Crippen LogP contribution in [-0.2, 0) is 0 Å². The highest BCUT2D eigenvalue weighted by atomic mass is 19.1. The molecule has 0 aliphatic rings. The molecule has 110 valence electrons. The molecule has 0 atom stereocenters. The number of benzene rings is 2. The molecule has 0 radical (unpaired) electrons. The summed E-state index contributed by atoms with van der Waals surface area (Å²) in [7, 11) is 0. The molecule has 3 aromatic rings. The van der Waals surface area contributed by atoms with Gasteiger partial charge in [0.1, 0.15) is 11.6 Å². The van der Waals surface area contributed by atoms with E-state index < -0.39 is 17.1 Å². The summed E-state index contributed by atoms with van der Waals surface area (Å²) in [5.74, 6) is -1.22. The first-order chi connectivity index (χ1) is 10.5. The summed E-state index contributed by atoms with van der Waals surface area (Å²) in [6.45, 7) is 0. The van der Waals surface area contributed by atoms with Gasteiger partial charge in [-0.1, -0.05) is 12.1 Å². The number of nitrogens with one attached hydrogen (secondary N) is 1. The standard InChI is InChI=1S/C17H11F2NO2/c18-12-5-1-10(2-6-12)14-9-15(21)17(22)20-16(14)11-3-7-13(19)8-4-11/h1-9,21H,(H,20,22). The van der Waals surface area contributed by atoms with Crippen LogP contribution in [0.4, 0.5) is 8.78 Å². The van der Waals surface area contributed by atoms with Crippen LogP contribution in [0, 0.1) is 11.6 Å². The van der Waals surface area contributed by atoms with Crippen molar-refractivity contribution in [1.82, 2.24) is 4.98 Å². The minimum absolute atomic E-state index is 0.388. The fourth-order valence-electron chi connectivity index (χ4n) is 2.22. The highest BCUT2D eigenvalue weighted by molar-refractivity contribution is 5.81. The van der Waals surface area contributed by atoms with Gasteiger partial charge in [0.25, 0.3) is 5.56 Å². The van der Waals surface area contributed by atoms with E-state index >= 15 is 0 Å². The fourth-order valence-corrected chi connectivity index (χ4v) is 2.22. The highest BCUT2D eigenvalue weighted by Gasteiger charge is 2.12. The molecule has 3 rings (SSSR count). The third kappa shape index (κ3) is 2.61. The monoisotopic (exact) mass is 299 g/mol. The molecule has 0 aliphatic heterocycles. The first-order valence-electron chi connectivity index (χ1n) is 6.53. The number of aromatic nitrogens is 1. The Bertz CT molecular complexity index is 869. The quantitative estimate of drug-likeness (QED) is 0.758. The molecule has 0 amide bonds. The first kappa shape index (κ1) is 14.0. The van der Waals surface area contributed by atoms with E-state index in [9.17, 15) is 18.7 Å². The van der Waals surface area contributed by atoms with Gasteiger partial charge in [0.15, 0.2) is 5.75 Å². The Morgan fingerprint density at radius 3 is 1.86 bits per heavy atom. The SMILES string of the molecule is O=c1[nH]c(-c2ccc(F)cc2)c(-c2ccc(F)cc2)cc1O. The second-order valence-corrected chi connectivity index (χ2v) is 4.79. The van der Waals surface area contributed by atoms with E-state index in [1.165, 1.54) is 54.6 Å². The number of hydrogen-bond acceptors (Lipinski definition) is 2. The predicted octanol–water partition coefficient (Wildman–Crippen LogP) is 3.69. The Labute approximate surface area is 124 Å². The summed E-state index contributed by atoms with van der Waals surface area (Å²) in [5, 5.41) is 9.65. The van der Waals surface area contributed by atoms with Crippen molar-refractivity contribution < 1.29 is 13.9 Å². The molecular weight excluding hydrogens is 288 g/mol. The van der Waals surface area contributed by atoms with Crippen LogP contribution >= 0.6 is 0 Å². The average molecular weight is 299 g/mol. The Morgan fingerprint density at radius 2 is 1.32 bits per heavy atom. The number of pyridine rings is 1. The maximum atomic E-state index is 13.1. The van der Waals surface area contributed by atoms with Gasteiger partial charge in [0.05, 0.1) is 5.69 Å². The van der Waals surface area contributed by atoms with Crippen molar-refractivity contribution in [1.29, 1.82) is 0 Å². The summed E-state index contributed by atoms with van der Waals surface area (Å²) in [6, 6.07) is 12.5. The van der Waals surface area contributed by atoms with Crippen LogP contribution in [0.5, 0.6) is 5.75 Å².